The Morgan fingerprint density at radius 3 is 1.41 bits per heavy atom. The van der Waals surface area contributed by atoms with E-state index in [4.69, 9.17) is 94.7 Å². The maximum absolute atomic E-state index is 14.4. The summed E-state index contributed by atoms with van der Waals surface area (Å²) >= 11 is 0. The molecule has 1 aliphatic carbocycles. The summed E-state index contributed by atoms with van der Waals surface area (Å²) in [7, 11) is 2.56. The molecule has 1 aliphatic heterocycles. The van der Waals surface area contributed by atoms with Crippen molar-refractivity contribution in [1.82, 2.24) is 16.0 Å². The fraction of sp³-hybridized carbons (Fsp3) is 0.571. The topological polar surface area (TPSA) is 396 Å². The molecule has 116 heavy (non-hydrogen) atoms. The highest BCUT2D eigenvalue weighted by molar-refractivity contribution is 5.93. The highest BCUT2D eigenvalue weighted by atomic mass is 19.2. The molecular formula is C77H101F5N4O30. The molecule has 4 N–H and O–H groups in total. The van der Waals surface area contributed by atoms with Crippen molar-refractivity contribution in [3.63, 3.8) is 0 Å². The Labute approximate surface area is 666 Å². The van der Waals surface area contributed by atoms with Crippen LogP contribution >= 0.6 is 0 Å². The maximum atomic E-state index is 14.4. The lowest BCUT2D eigenvalue weighted by Crippen LogP contribution is -2.64. The lowest BCUT2D eigenvalue weighted by atomic mass is 9.97. The quantitative estimate of drug-likeness (QED) is 0.00745. The number of benzene rings is 4. The maximum Gasteiger partial charge on any atom is 0.514 e. The Bertz CT molecular complexity index is 3650. The molecular weight excluding hydrogens is 1560 g/mol. The number of carbonyl (C=O) groups is 9. The zero-order valence-corrected chi connectivity index (χ0v) is 65.2. The summed E-state index contributed by atoms with van der Waals surface area (Å²) in [6.07, 6.45) is -12.3. The summed E-state index contributed by atoms with van der Waals surface area (Å²) in [6.45, 7) is 10.9. The molecule has 1 saturated heterocycles. The van der Waals surface area contributed by atoms with E-state index in [0.29, 0.717) is 139 Å². The van der Waals surface area contributed by atoms with E-state index in [-0.39, 0.29) is 75.3 Å². The molecule has 6 atom stereocenters. The molecule has 0 radical (unpaired) electrons. The molecule has 34 nitrogen and oxygen atoms in total. The summed E-state index contributed by atoms with van der Waals surface area (Å²) in [5.41, 5.74) is 3.31. The van der Waals surface area contributed by atoms with E-state index in [9.17, 15) is 65.1 Å². The molecule has 1 heterocycles. The van der Waals surface area contributed by atoms with Crippen LogP contribution < -0.4 is 30.7 Å². The van der Waals surface area contributed by atoms with Gasteiger partial charge in [0, 0.05) is 59.7 Å². The summed E-state index contributed by atoms with van der Waals surface area (Å²) < 4.78 is 184. The Kier molecular flexibility index (Phi) is 44.9. The molecule has 6 rings (SSSR count). The van der Waals surface area contributed by atoms with Crippen molar-refractivity contribution >= 4 is 59.5 Å². The molecule has 0 spiro atoms. The van der Waals surface area contributed by atoms with Crippen LogP contribution in [-0.2, 0) is 130 Å². The number of ether oxygens (including phenoxy) is 21. The van der Waals surface area contributed by atoms with E-state index in [1.165, 1.54) is 0 Å². The number of rotatable bonds is 58. The smallest absolute Gasteiger partial charge is 0.467 e. The SMILES string of the molecule is COCCOCCOCCOCCOCCOCCOCCOCCOCCOCCOCCOCCC(=O)NCCCC[C@H](NC(=O)OCC1c2ccccc2-c2ccccc21)C(=O)NCCC(=O)Nc1cc(COC(=O)Oc2c(F)c(F)c(F)c(F)c2F)ccc1O[C@@H]1O[C@H](C(=O)OC)[C@@H](OC(C)=O)[C@H](OC(C)=O)[C@H]1OC(C)=O. The van der Waals surface area contributed by atoms with Crippen LogP contribution in [0.15, 0.2) is 66.7 Å². The summed E-state index contributed by atoms with van der Waals surface area (Å²) in [5, 5.41) is 10.5. The van der Waals surface area contributed by atoms with Gasteiger partial charge in [0.25, 0.3) is 0 Å². The largest absolute Gasteiger partial charge is 0.514 e. The summed E-state index contributed by atoms with van der Waals surface area (Å²) in [6, 6.07) is 17.3. The second-order valence-corrected chi connectivity index (χ2v) is 25.1. The average Bonchev–Trinajstić information content (AvgIpc) is 1.55. The Morgan fingerprint density at radius 2 is 0.931 bits per heavy atom. The number of methoxy groups -OCH3 is 2. The number of amides is 4. The van der Waals surface area contributed by atoms with Gasteiger partial charge in [-0.25, -0.2) is 27.6 Å². The lowest BCUT2D eigenvalue weighted by molar-refractivity contribution is -0.282. The monoisotopic (exact) mass is 1660 g/mol. The van der Waals surface area contributed by atoms with Gasteiger partial charge >= 0.3 is 36.1 Å². The number of nitrogens with one attached hydrogen (secondary N) is 4. The minimum Gasteiger partial charge on any atom is -0.467 e. The van der Waals surface area contributed by atoms with Crippen LogP contribution in [0.2, 0.25) is 0 Å². The van der Waals surface area contributed by atoms with Crippen LogP contribution in [0.3, 0.4) is 0 Å². The molecule has 0 saturated carbocycles. The van der Waals surface area contributed by atoms with Crippen LogP contribution in [-0.4, -0.2) is 276 Å². The lowest BCUT2D eigenvalue weighted by Gasteiger charge is -2.43. The molecule has 644 valence electrons. The molecule has 0 bridgehead atoms. The van der Waals surface area contributed by atoms with Crippen molar-refractivity contribution in [3.05, 3.63) is 113 Å². The molecule has 4 aromatic rings. The first-order valence-corrected chi connectivity index (χ1v) is 37.3. The van der Waals surface area contributed by atoms with Gasteiger partial charge in [-0.2, -0.15) is 8.78 Å². The summed E-state index contributed by atoms with van der Waals surface area (Å²) in [4.78, 5) is 118. The van der Waals surface area contributed by atoms with Gasteiger partial charge in [-0.05, 0) is 59.2 Å². The molecule has 0 aromatic heterocycles. The van der Waals surface area contributed by atoms with Gasteiger partial charge in [0.15, 0.2) is 18.3 Å². The number of esters is 4. The van der Waals surface area contributed by atoms with E-state index in [1.807, 2.05) is 48.5 Å². The fourth-order valence-electron chi connectivity index (χ4n) is 11.2. The number of anilines is 1. The number of carbonyl (C=O) groups excluding carboxylic acids is 9. The van der Waals surface area contributed by atoms with E-state index >= 15 is 0 Å². The molecule has 4 amide bonds. The predicted octanol–water partition coefficient (Wildman–Crippen LogP) is 6.03. The highest BCUT2D eigenvalue weighted by Gasteiger charge is 2.56. The third-order valence-electron chi connectivity index (χ3n) is 16.6. The first kappa shape index (κ1) is 95.5. The Balaban J connectivity index is 0.929. The first-order chi connectivity index (χ1) is 56.1. The zero-order valence-electron chi connectivity index (χ0n) is 65.2. The first-order valence-electron chi connectivity index (χ1n) is 37.3. The van der Waals surface area contributed by atoms with Crippen LogP contribution in [0, 0.1) is 29.1 Å². The van der Waals surface area contributed by atoms with Gasteiger partial charge in [-0.3, -0.25) is 28.8 Å². The van der Waals surface area contributed by atoms with Crippen molar-refractivity contribution < 1.29 is 165 Å². The van der Waals surface area contributed by atoms with Gasteiger partial charge in [0.2, 0.25) is 65.0 Å². The van der Waals surface area contributed by atoms with Crippen molar-refractivity contribution in [2.45, 2.75) is 102 Å². The zero-order chi connectivity index (χ0) is 83.8. The van der Waals surface area contributed by atoms with Gasteiger partial charge in [-0.1, -0.05) is 54.6 Å². The number of halogens is 5. The number of unbranched alkanes of at least 4 members (excludes halogenated alkanes) is 1. The van der Waals surface area contributed by atoms with E-state index in [2.05, 4.69) is 26.0 Å². The van der Waals surface area contributed by atoms with Gasteiger partial charge in [-0.15, -0.1) is 0 Å². The second-order valence-electron chi connectivity index (χ2n) is 25.1. The van der Waals surface area contributed by atoms with Crippen molar-refractivity contribution in [2.24, 2.45) is 0 Å². The minimum absolute atomic E-state index is 0.00774. The number of alkyl carbamates (subject to hydrolysis) is 1. The molecule has 0 unspecified atom stereocenters. The van der Waals surface area contributed by atoms with Crippen LogP contribution in [0.5, 0.6) is 11.5 Å². The van der Waals surface area contributed by atoms with Crippen LogP contribution in [0.25, 0.3) is 11.1 Å². The number of fused-ring (bicyclic) bond motifs is 3. The predicted molar refractivity (Wildman–Crippen MR) is 392 cm³/mol. The molecule has 1 fully saturated rings. The van der Waals surface area contributed by atoms with Crippen molar-refractivity contribution in [1.29, 1.82) is 0 Å². The fourth-order valence-corrected chi connectivity index (χ4v) is 11.2. The third-order valence-corrected chi connectivity index (χ3v) is 16.6. The van der Waals surface area contributed by atoms with Gasteiger partial charge in [0.05, 0.1) is 165 Å². The highest BCUT2D eigenvalue weighted by Crippen LogP contribution is 2.45. The second kappa shape index (κ2) is 54.5. The minimum atomic E-state index is -2.54. The van der Waals surface area contributed by atoms with Crippen LogP contribution in [0.1, 0.15) is 75.5 Å². The molecule has 39 heteroatoms. The average molecular weight is 1660 g/mol. The van der Waals surface area contributed by atoms with Crippen molar-refractivity contribution in [2.75, 3.05) is 191 Å². The van der Waals surface area contributed by atoms with E-state index in [0.717, 1.165) is 68.3 Å². The van der Waals surface area contributed by atoms with Crippen LogP contribution in [0.4, 0.5) is 37.2 Å². The Morgan fingerprint density at radius 1 is 0.474 bits per heavy atom. The standard InChI is InChI=1S/C77H101F5N4O30/c1-49(87)111-69-70(112-50(2)88)72(113-51(3)89)75(115-71(69)74(93)97-5)114-60-18-17-52(47-110-77(95)116-68-66(81)64(79)63(78)65(80)67(68)82)46-59(60)85-62(91)19-22-84-73(92)58(86-76(94)109-48-57-55-14-8-6-12-53(55)54-13-7-9-15-56(54)57)16-10-11-21-83-61(90)20-23-98-26-27-100-30-31-102-34-35-104-38-39-106-42-43-108-45-44-107-41-40-105-37-36-103-33-32-101-29-28-99-25-24-96-4/h6-9,12-15,17-18,46,57-58,69-72,75H,10-11,16,19-45,47-48H2,1-5H3,(H,83,90)(H,84,92)(H,85,91)(H,86,94)/t58-,69-,70-,71-,72+,75+/m0/s1. The Hall–Kier alpha value is -9.36. The number of hydrogen-bond acceptors (Lipinski definition) is 30. The number of hydrogen-bond donors (Lipinski definition) is 4. The molecule has 4 aromatic carbocycles. The normalized spacial score (nSPS) is 15.8. The molecule has 2 aliphatic rings. The van der Waals surface area contributed by atoms with E-state index in [1.54, 1.807) is 7.11 Å². The van der Waals surface area contributed by atoms with Gasteiger partial charge < -0.3 is 121 Å². The van der Waals surface area contributed by atoms with Crippen molar-refractivity contribution in [3.8, 4) is 22.6 Å². The van der Waals surface area contributed by atoms with Gasteiger partial charge in [0.1, 0.15) is 25.0 Å². The van der Waals surface area contributed by atoms with E-state index < -0.39 is 145 Å². The third kappa shape index (κ3) is 34.4. The summed E-state index contributed by atoms with van der Waals surface area (Å²) in [5.74, 6) is -21.4.